The molecule has 1 N–H and O–H groups in total. The van der Waals surface area contributed by atoms with Crippen LogP contribution in [0.2, 0.25) is 0 Å². The molecule has 0 bridgehead atoms. The minimum atomic E-state index is 0.891. The van der Waals surface area contributed by atoms with Gasteiger partial charge in [-0.25, -0.2) is 0 Å². The third kappa shape index (κ3) is 4.83. The summed E-state index contributed by atoms with van der Waals surface area (Å²) in [5, 5.41) is 3.39. The van der Waals surface area contributed by atoms with Crippen molar-refractivity contribution in [3.63, 3.8) is 0 Å². The van der Waals surface area contributed by atoms with Crippen LogP contribution < -0.4 is 5.32 Å². The highest BCUT2D eigenvalue weighted by atomic mass is 14.9. The van der Waals surface area contributed by atoms with Gasteiger partial charge in [-0.2, -0.15) is 0 Å². The van der Waals surface area contributed by atoms with Crippen LogP contribution in [0.1, 0.15) is 32.8 Å². The highest BCUT2D eigenvalue weighted by Gasteiger charge is 1.90. The third-order valence-electron chi connectivity index (χ3n) is 2.59. The van der Waals surface area contributed by atoms with E-state index in [1.54, 1.807) is 0 Å². The molecule has 0 aliphatic heterocycles. The van der Waals surface area contributed by atoms with Crippen molar-refractivity contribution in [2.45, 2.75) is 33.7 Å². The van der Waals surface area contributed by atoms with Crippen LogP contribution in [0.3, 0.4) is 0 Å². The second kappa shape index (κ2) is 6.89. The van der Waals surface area contributed by atoms with Crippen LogP contribution >= 0.6 is 0 Å². The predicted octanol–water partition coefficient (Wildman–Crippen LogP) is 4.04. The minimum Gasteiger partial charge on any atom is -0.384 e. The number of hydrogen-bond donors (Lipinski definition) is 1. The van der Waals surface area contributed by atoms with Gasteiger partial charge in [0, 0.05) is 12.2 Å². The second-order valence-corrected chi connectivity index (χ2v) is 4.06. The number of benzene rings is 1. The summed E-state index contributed by atoms with van der Waals surface area (Å²) in [6, 6.07) is 10.4. The van der Waals surface area contributed by atoms with Crippen molar-refractivity contribution in [3.8, 4) is 0 Å². The van der Waals surface area contributed by atoms with Gasteiger partial charge in [0.2, 0.25) is 0 Å². The van der Waals surface area contributed by atoms with Crippen molar-refractivity contribution >= 4 is 0 Å². The monoisotopic (exact) mass is 215 g/mol. The lowest BCUT2D eigenvalue weighted by Crippen LogP contribution is -2.09. The molecule has 1 aromatic rings. The maximum absolute atomic E-state index is 3.39. The van der Waals surface area contributed by atoms with Gasteiger partial charge < -0.3 is 5.32 Å². The summed E-state index contributed by atoms with van der Waals surface area (Å²) in [4.78, 5) is 0. The molecule has 0 aromatic heterocycles. The molecule has 0 fully saturated rings. The Bertz CT molecular complexity index is 360. The molecule has 0 heterocycles. The van der Waals surface area contributed by atoms with Gasteiger partial charge in [-0.1, -0.05) is 48.9 Å². The van der Waals surface area contributed by atoms with Crippen molar-refractivity contribution in [2.24, 2.45) is 0 Å². The van der Waals surface area contributed by atoms with E-state index in [1.165, 1.54) is 16.8 Å². The van der Waals surface area contributed by atoms with Crippen LogP contribution in [0.5, 0.6) is 0 Å². The minimum absolute atomic E-state index is 0.891. The quantitative estimate of drug-likeness (QED) is 0.731. The summed E-state index contributed by atoms with van der Waals surface area (Å²) >= 11 is 0. The first kappa shape index (κ1) is 12.6. The van der Waals surface area contributed by atoms with Crippen LogP contribution in [0, 0.1) is 0 Å². The first-order valence-electron chi connectivity index (χ1n) is 5.84. The van der Waals surface area contributed by atoms with E-state index < -0.39 is 0 Å². The summed E-state index contributed by atoms with van der Waals surface area (Å²) < 4.78 is 0. The summed E-state index contributed by atoms with van der Waals surface area (Å²) in [5.74, 6) is 0. The van der Waals surface area contributed by atoms with Gasteiger partial charge in [-0.3, -0.25) is 0 Å². The Morgan fingerprint density at radius 3 is 2.44 bits per heavy atom. The molecule has 0 radical (unpaired) electrons. The van der Waals surface area contributed by atoms with Crippen LogP contribution in [0.15, 0.2) is 53.8 Å². The van der Waals surface area contributed by atoms with Crippen molar-refractivity contribution in [3.05, 3.63) is 59.3 Å². The Labute approximate surface area is 98.9 Å². The molecule has 1 aromatic carbocycles. The molecule has 0 amide bonds. The van der Waals surface area contributed by atoms with Crippen LogP contribution in [0.4, 0.5) is 0 Å². The second-order valence-electron chi connectivity index (χ2n) is 4.06. The van der Waals surface area contributed by atoms with Crippen LogP contribution in [-0.2, 0) is 6.54 Å². The zero-order chi connectivity index (χ0) is 11.8. The molecular formula is C15H21N. The SMILES string of the molecule is CC/C(C)=C\C=C(/C)NCc1ccccc1. The van der Waals surface area contributed by atoms with Crippen molar-refractivity contribution in [1.82, 2.24) is 5.32 Å². The molecule has 1 rings (SSSR count). The van der Waals surface area contributed by atoms with Crippen LogP contribution in [0.25, 0.3) is 0 Å². The largest absolute Gasteiger partial charge is 0.384 e. The normalized spacial score (nSPS) is 12.7. The van der Waals surface area contributed by atoms with E-state index in [2.05, 4.69) is 62.5 Å². The highest BCUT2D eigenvalue weighted by molar-refractivity contribution is 5.17. The Kier molecular flexibility index (Phi) is 5.41. The van der Waals surface area contributed by atoms with Gasteiger partial charge >= 0.3 is 0 Å². The molecule has 0 atom stereocenters. The van der Waals surface area contributed by atoms with E-state index in [9.17, 15) is 0 Å². The lowest BCUT2D eigenvalue weighted by atomic mass is 10.2. The fourth-order valence-electron chi connectivity index (χ4n) is 1.28. The molecule has 0 aliphatic rings. The fourth-order valence-corrected chi connectivity index (χ4v) is 1.28. The average Bonchev–Trinajstić information content (AvgIpc) is 2.34. The molecule has 0 unspecified atom stereocenters. The topological polar surface area (TPSA) is 12.0 Å². The lowest BCUT2D eigenvalue weighted by molar-refractivity contribution is 0.812. The maximum Gasteiger partial charge on any atom is 0.0397 e. The number of hydrogen-bond acceptors (Lipinski definition) is 1. The Morgan fingerprint density at radius 2 is 1.81 bits per heavy atom. The fraction of sp³-hybridized carbons (Fsp3) is 0.333. The van der Waals surface area contributed by atoms with Gasteiger partial charge in [-0.15, -0.1) is 0 Å². The first-order valence-corrected chi connectivity index (χ1v) is 5.84. The Hall–Kier alpha value is -1.50. The van der Waals surface area contributed by atoms with Gasteiger partial charge in [0.15, 0.2) is 0 Å². The smallest absolute Gasteiger partial charge is 0.0397 e. The number of allylic oxidation sites excluding steroid dienone is 4. The van der Waals surface area contributed by atoms with Crippen molar-refractivity contribution < 1.29 is 0 Å². The third-order valence-corrected chi connectivity index (χ3v) is 2.59. The molecule has 86 valence electrons. The summed E-state index contributed by atoms with van der Waals surface area (Å²) in [5.41, 5.74) is 3.92. The molecule has 0 aliphatic carbocycles. The van der Waals surface area contributed by atoms with E-state index >= 15 is 0 Å². The highest BCUT2D eigenvalue weighted by Crippen LogP contribution is 2.01. The zero-order valence-electron chi connectivity index (χ0n) is 10.5. The van der Waals surface area contributed by atoms with Crippen LogP contribution in [-0.4, -0.2) is 0 Å². The number of nitrogens with one attached hydrogen (secondary N) is 1. The van der Waals surface area contributed by atoms with Gasteiger partial charge in [-0.05, 0) is 31.9 Å². The molecular weight excluding hydrogens is 194 g/mol. The van der Waals surface area contributed by atoms with Gasteiger partial charge in [0.25, 0.3) is 0 Å². The molecule has 0 saturated heterocycles. The van der Waals surface area contributed by atoms with Crippen molar-refractivity contribution in [2.75, 3.05) is 0 Å². The lowest BCUT2D eigenvalue weighted by Gasteiger charge is -2.05. The van der Waals surface area contributed by atoms with Crippen molar-refractivity contribution in [1.29, 1.82) is 0 Å². The molecule has 1 heteroatoms. The zero-order valence-corrected chi connectivity index (χ0v) is 10.5. The van der Waals surface area contributed by atoms with E-state index in [0.29, 0.717) is 0 Å². The standard InChI is InChI=1S/C15H21N/c1-4-13(2)10-11-14(3)16-12-15-8-6-5-7-9-15/h5-11,16H,4,12H2,1-3H3/b13-10-,14-11+. The summed E-state index contributed by atoms with van der Waals surface area (Å²) in [6.07, 6.45) is 5.43. The van der Waals surface area contributed by atoms with E-state index in [-0.39, 0.29) is 0 Å². The molecule has 16 heavy (non-hydrogen) atoms. The molecule has 0 saturated carbocycles. The summed E-state index contributed by atoms with van der Waals surface area (Å²) in [7, 11) is 0. The van der Waals surface area contributed by atoms with Gasteiger partial charge in [0.05, 0.1) is 0 Å². The Balaban J connectivity index is 2.44. The molecule has 1 nitrogen and oxygen atoms in total. The Morgan fingerprint density at radius 1 is 1.12 bits per heavy atom. The first-order chi connectivity index (χ1) is 7.72. The van der Waals surface area contributed by atoms with E-state index in [1.807, 2.05) is 6.07 Å². The van der Waals surface area contributed by atoms with Gasteiger partial charge in [0.1, 0.15) is 0 Å². The average molecular weight is 215 g/mol. The van der Waals surface area contributed by atoms with E-state index in [0.717, 1.165) is 13.0 Å². The summed E-state index contributed by atoms with van der Waals surface area (Å²) in [6.45, 7) is 7.32. The molecule has 0 spiro atoms. The van der Waals surface area contributed by atoms with E-state index in [4.69, 9.17) is 0 Å². The maximum atomic E-state index is 3.39. The number of rotatable bonds is 5. The predicted molar refractivity (Wildman–Crippen MR) is 71.1 cm³/mol.